The molecule has 0 aliphatic heterocycles. The zero-order chi connectivity index (χ0) is 10.8. The fourth-order valence-electron chi connectivity index (χ4n) is 1.77. The van der Waals surface area contributed by atoms with E-state index in [9.17, 15) is 0 Å². The summed E-state index contributed by atoms with van der Waals surface area (Å²) in [6, 6.07) is 2.64. The minimum absolute atomic E-state index is 0.546. The number of anilines is 1. The molecule has 2 rings (SSSR count). The highest BCUT2D eigenvalue weighted by atomic mass is 79.9. The molecule has 0 spiro atoms. The highest BCUT2D eigenvalue weighted by molar-refractivity contribution is 9.10. The van der Waals surface area contributed by atoms with Crippen LogP contribution >= 0.6 is 15.9 Å². The van der Waals surface area contributed by atoms with Crippen LogP contribution in [0.25, 0.3) is 0 Å². The predicted octanol–water partition coefficient (Wildman–Crippen LogP) is 3.47. The molecule has 15 heavy (non-hydrogen) atoms. The summed E-state index contributed by atoms with van der Waals surface area (Å²) in [4.78, 5) is 6.57. The fourth-order valence-corrected chi connectivity index (χ4v) is 2.24. The van der Waals surface area contributed by atoms with Gasteiger partial charge in [0.2, 0.25) is 0 Å². The summed E-state index contributed by atoms with van der Waals surface area (Å²) >= 11 is 3.57. The Morgan fingerprint density at radius 3 is 2.80 bits per heavy atom. The van der Waals surface area contributed by atoms with Gasteiger partial charge in [-0.15, -0.1) is 0 Å². The average molecular weight is 269 g/mol. The van der Waals surface area contributed by atoms with Gasteiger partial charge in [0.05, 0.1) is 10.2 Å². The van der Waals surface area contributed by atoms with Crippen molar-refractivity contribution in [3.05, 3.63) is 22.9 Å². The van der Waals surface area contributed by atoms with E-state index >= 15 is 0 Å². The third-order valence-electron chi connectivity index (χ3n) is 2.84. The summed E-state index contributed by atoms with van der Waals surface area (Å²) in [5.41, 5.74) is 1.27. The first-order chi connectivity index (χ1) is 7.18. The number of pyridine rings is 1. The fraction of sp³-hybridized carbons (Fsp3) is 0.583. The second kappa shape index (κ2) is 4.52. The molecule has 0 radical (unpaired) electrons. The van der Waals surface area contributed by atoms with Crippen LogP contribution in [0.3, 0.4) is 0 Å². The van der Waals surface area contributed by atoms with Crippen molar-refractivity contribution >= 4 is 21.6 Å². The molecule has 0 atom stereocenters. The van der Waals surface area contributed by atoms with Crippen LogP contribution in [0.5, 0.6) is 0 Å². The van der Waals surface area contributed by atoms with E-state index in [-0.39, 0.29) is 0 Å². The Bertz CT molecular complexity index is 334. The Hall–Kier alpha value is -0.570. The highest BCUT2D eigenvalue weighted by Crippen LogP contribution is 2.34. The molecule has 1 heterocycles. The second-order valence-corrected chi connectivity index (χ2v) is 5.37. The summed E-state index contributed by atoms with van der Waals surface area (Å²) in [6.45, 7) is 5.67. The van der Waals surface area contributed by atoms with Crippen molar-refractivity contribution < 1.29 is 0 Å². The molecular weight excluding hydrogens is 252 g/mol. The molecule has 2 nitrogen and oxygen atoms in total. The summed E-state index contributed by atoms with van der Waals surface area (Å²) in [6.07, 6.45) is 6.53. The molecule has 1 aliphatic carbocycles. The van der Waals surface area contributed by atoms with Crippen LogP contribution in [0.15, 0.2) is 22.9 Å². The lowest BCUT2D eigenvalue weighted by molar-refractivity contribution is 0.643. The Morgan fingerprint density at radius 1 is 1.53 bits per heavy atom. The van der Waals surface area contributed by atoms with Crippen LogP contribution in [0.1, 0.15) is 26.7 Å². The number of rotatable bonds is 4. The minimum Gasteiger partial charge on any atom is -0.368 e. The first-order valence-electron chi connectivity index (χ1n) is 5.54. The van der Waals surface area contributed by atoms with Gasteiger partial charge >= 0.3 is 0 Å². The van der Waals surface area contributed by atoms with Gasteiger partial charge in [-0.25, -0.2) is 0 Å². The molecule has 1 aliphatic rings. The maximum absolute atomic E-state index is 4.11. The average Bonchev–Trinajstić information content (AvgIpc) is 2.99. The van der Waals surface area contributed by atoms with Gasteiger partial charge in [-0.05, 0) is 54.6 Å². The number of aromatic nitrogens is 1. The normalized spacial score (nSPS) is 15.7. The first-order valence-corrected chi connectivity index (χ1v) is 6.34. The van der Waals surface area contributed by atoms with Crippen LogP contribution in [0.2, 0.25) is 0 Å². The van der Waals surface area contributed by atoms with E-state index in [1.165, 1.54) is 25.1 Å². The van der Waals surface area contributed by atoms with Gasteiger partial charge < -0.3 is 4.90 Å². The van der Waals surface area contributed by atoms with Crippen molar-refractivity contribution in [2.24, 2.45) is 5.92 Å². The third-order valence-corrected chi connectivity index (χ3v) is 3.45. The summed E-state index contributed by atoms with van der Waals surface area (Å²) in [5.74, 6) is 0.910. The summed E-state index contributed by atoms with van der Waals surface area (Å²) < 4.78 is 1.10. The minimum atomic E-state index is 0.546. The highest BCUT2D eigenvalue weighted by Gasteiger charge is 2.26. The van der Waals surface area contributed by atoms with Crippen molar-refractivity contribution in [1.82, 2.24) is 4.98 Å². The van der Waals surface area contributed by atoms with Crippen molar-refractivity contribution in [2.45, 2.75) is 32.7 Å². The van der Waals surface area contributed by atoms with Crippen LogP contribution in [-0.4, -0.2) is 17.6 Å². The third kappa shape index (κ3) is 2.71. The van der Waals surface area contributed by atoms with Crippen LogP contribution in [-0.2, 0) is 0 Å². The molecule has 1 fully saturated rings. The van der Waals surface area contributed by atoms with E-state index in [1.54, 1.807) is 0 Å². The number of nitrogens with zero attached hydrogens (tertiary/aromatic N) is 2. The molecule has 0 unspecified atom stereocenters. The van der Waals surface area contributed by atoms with Crippen molar-refractivity contribution in [3.63, 3.8) is 0 Å². The van der Waals surface area contributed by atoms with Crippen LogP contribution in [0, 0.1) is 5.92 Å². The van der Waals surface area contributed by atoms with E-state index in [4.69, 9.17) is 0 Å². The Morgan fingerprint density at radius 2 is 2.27 bits per heavy atom. The monoisotopic (exact) mass is 268 g/mol. The molecule has 0 N–H and O–H groups in total. The zero-order valence-electron chi connectivity index (χ0n) is 9.28. The van der Waals surface area contributed by atoms with E-state index in [0.717, 1.165) is 10.4 Å². The molecule has 82 valence electrons. The lowest BCUT2D eigenvalue weighted by atomic mass is 10.2. The standard InChI is InChI=1S/C12H17BrN2/c1-9(2)15(8-10-3-4-10)12-5-6-14-7-11(12)13/h5-7,9-10H,3-4,8H2,1-2H3. The van der Waals surface area contributed by atoms with Gasteiger partial charge in [-0.1, -0.05) is 0 Å². The molecule has 0 bridgehead atoms. The van der Waals surface area contributed by atoms with Gasteiger partial charge in [-0.2, -0.15) is 0 Å². The lowest BCUT2D eigenvalue weighted by Gasteiger charge is -2.29. The molecule has 0 amide bonds. The molecule has 0 saturated heterocycles. The molecular formula is C12H17BrN2. The largest absolute Gasteiger partial charge is 0.368 e. The number of hydrogen-bond acceptors (Lipinski definition) is 2. The predicted molar refractivity (Wildman–Crippen MR) is 67.1 cm³/mol. The van der Waals surface area contributed by atoms with Crippen LogP contribution in [0.4, 0.5) is 5.69 Å². The molecule has 1 aromatic rings. The smallest absolute Gasteiger partial charge is 0.0592 e. The van der Waals surface area contributed by atoms with E-state index < -0.39 is 0 Å². The molecule has 0 aromatic carbocycles. The molecule has 3 heteroatoms. The van der Waals surface area contributed by atoms with Crippen molar-refractivity contribution in [1.29, 1.82) is 0 Å². The topological polar surface area (TPSA) is 16.1 Å². The SMILES string of the molecule is CC(C)N(CC1CC1)c1ccncc1Br. The Labute approximate surface area is 99.8 Å². The quantitative estimate of drug-likeness (QED) is 0.832. The van der Waals surface area contributed by atoms with Gasteiger partial charge in [0.25, 0.3) is 0 Å². The maximum Gasteiger partial charge on any atom is 0.0592 e. The number of halogens is 1. The van der Waals surface area contributed by atoms with Crippen LogP contribution < -0.4 is 4.90 Å². The van der Waals surface area contributed by atoms with Gasteiger partial charge in [-0.3, -0.25) is 4.98 Å². The van der Waals surface area contributed by atoms with E-state index in [0.29, 0.717) is 6.04 Å². The second-order valence-electron chi connectivity index (χ2n) is 4.52. The zero-order valence-corrected chi connectivity index (χ0v) is 10.9. The summed E-state index contributed by atoms with van der Waals surface area (Å²) in [5, 5.41) is 0. The Balaban J connectivity index is 2.19. The Kier molecular flexibility index (Phi) is 3.29. The first kappa shape index (κ1) is 10.9. The van der Waals surface area contributed by atoms with E-state index in [1.807, 2.05) is 12.4 Å². The van der Waals surface area contributed by atoms with Gasteiger partial charge in [0, 0.05) is 25.0 Å². The van der Waals surface area contributed by atoms with Crippen molar-refractivity contribution in [2.75, 3.05) is 11.4 Å². The maximum atomic E-state index is 4.11. The van der Waals surface area contributed by atoms with E-state index in [2.05, 4.69) is 45.7 Å². The molecule has 1 saturated carbocycles. The van der Waals surface area contributed by atoms with Gasteiger partial charge in [0.15, 0.2) is 0 Å². The number of hydrogen-bond donors (Lipinski definition) is 0. The molecule has 1 aromatic heterocycles. The van der Waals surface area contributed by atoms with Gasteiger partial charge in [0.1, 0.15) is 0 Å². The van der Waals surface area contributed by atoms with Crippen molar-refractivity contribution in [3.8, 4) is 0 Å². The lowest BCUT2D eigenvalue weighted by Crippen LogP contribution is -2.33. The summed E-state index contributed by atoms with van der Waals surface area (Å²) in [7, 11) is 0.